The molecule has 0 bridgehead atoms. The summed E-state index contributed by atoms with van der Waals surface area (Å²) in [5.41, 5.74) is 0. The Morgan fingerprint density at radius 3 is 2.35 bits per heavy atom. The largest absolute Gasteiger partial charge is 0.494 e. The van der Waals surface area contributed by atoms with Crippen LogP contribution < -0.4 is 9.46 Å². The van der Waals surface area contributed by atoms with E-state index in [9.17, 15) is 8.42 Å². The summed E-state index contributed by atoms with van der Waals surface area (Å²) in [6, 6.07) is 2.55. The minimum atomic E-state index is -3.66. The Balaban J connectivity index is 3.37. The highest BCUT2D eigenvalue weighted by Crippen LogP contribution is 2.37. The van der Waals surface area contributed by atoms with Crippen LogP contribution in [-0.4, -0.2) is 21.6 Å². The van der Waals surface area contributed by atoms with Gasteiger partial charge in [-0.3, -0.25) is 0 Å². The Hall–Kier alpha value is -0.490. The quantitative estimate of drug-likeness (QED) is 0.930. The average molecular weight is 298 g/mol. The van der Waals surface area contributed by atoms with Crippen molar-refractivity contribution in [1.82, 2.24) is 4.72 Å². The van der Waals surface area contributed by atoms with Gasteiger partial charge in [0.15, 0.2) is 5.75 Å². The molecule has 0 unspecified atom stereocenters. The van der Waals surface area contributed by atoms with E-state index in [-0.39, 0.29) is 26.7 Å². The van der Waals surface area contributed by atoms with Gasteiger partial charge in [0.2, 0.25) is 10.0 Å². The fourth-order valence-corrected chi connectivity index (χ4v) is 3.16. The van der Waals surface area contributed by atoms with Crippen molar-refractivity contribution in [3.63, 3.8) is 0 Å². The monoisotopic (exact) mass is 297 g/mol. The second-order valence-corrected chi connectivity index (χ2v) is 6.14. The Bertz CT molecular complexity index is 515. The maximum atomic E-state index is 12.0. The number of nitrogens with one attached hydrogen (secondary N) is 1. The van der Waals surface area contributed by atoms with Crippen molar-refractivity contribution in [1.29, 1.82) is 0 Å². The molecule has 0 aliphatic rings. The molecule has 17 heavy (non-hydrogen) atoms. The smallest absolute Gasteiger partial charge is 0.244 e. The fourth-order valence-electron chi connectivity index (χ4n) is 1.29. The standard InChI is InChI=1S/C10H13Cl2NO3S/c1-6(2)13-17(14,15)8-5-4-7(11)9(12)10(8)16-3/h4-6,13H,1-3H3. The molecule has 96 valence electrons. The Morgan fingerprint density at radius 2 is 1.88 bits per heavy atom. The highest BCUT2D eigenvalue weighted by molar-refractivity contribution is 7.89. The lowest BCUT2D eigenvalue weighted by molar-refractivity contribution is 0.402. The van der Waals surface area contributed by atoms with Crippen molar-refractivity contribution in [3.8, 4) is 5.75 Å². The molecular formula is C10H13Cl2NO3S. The maximum Gasteiger partial charge on any atom is 0.244 e. The van der Waals surface area contributed by atoms with Gasteiger partial charge in [-0.05, 0) is 26.0 Å². The molecule has 0 aliphatic heterocycles. The molecule has 0 saturated carbocycles. The first-order valence-corrected chi connectivity index (χ1v) is 7.08. The summed E-state index contributed by atoms with van der Waals surface area (Å²) in [6.45, 7) is 3.45. The predicted octanol–water partition coefficient (Wildman–Crippen LogP) is 2.69. The van der Waals surface area contributed by atoms with Crippen molar-refractivity contribution >= 4 is 33.2 Å². The van der Waals surface area contributed by atoms with E-state index in [0.717, 1.165) is 0 Å². The zero-order chi connectivity index (χ0) is 13.2. The summed E-state index contributed by atoms with van der Waals surface area (Å²) in [5, 5.41) is 0.327. The summed E-state index contributed by atoms with van der Waals surface area (Å²) in [7, 11) is -2.32. The molecule has 1 aromatic carbocycles. The molecule has 0 aliphatic carbocycles. The van der Waals surface area contributed by atoms with Crippen molar-refractivity contribution in [2.75, 3.05) is 7.11 Å². The van der Waals surface area contributed by atoms with Crippen molar-refractivity contribution in [2.45, 2.75) is 24.8 Å². The number of rotatable bonds is 4. The van der Waals surface area contributed by atoms with E-state index in [1.807, 2.05) is 0 Å². The highest BCUT2D eigenvalue weighted by Gasteiger charge is 2.23. The van der Waals surface area contributed by atoms with Gasteiger partial charge < -0.3 is 4.74 Å². The Morgan fingerprint density at radius 1 is 1.29 bits per heavy atom. The van der Waals surface area contributed by atoms with Gasteiger partial charge in [0, 0.05) is 6.04 Å². The number of halogens is 2. The van der Waals surface area contributed by atoms with E-state index in [1.54, 1.807) is 13.8 Å². The summed E-state index contributed by atoms with van der Waals surface area (Å²) in [4.78, 5) is -0.0249. The van der Waals surface area contributed by atoms with Gasteiger partial charge in [-0.1, -0.05) is 23.2 Å². The minimum Gasteiger partial charge on any atom is -0.494 e. The van der Waals surface area contributed by atoms with E-state index >= 15 is 0 Å². The molecule has 0 radical (unpaired) electrons. The molecule has 0 saturated heterocycles. The summed E-state index contributed by atoms with van der Waals surface area (Å²) in [5.74, 6) is 0.0484. The third kappa shape index (κ3) is 3.25. The van der Waals surface area contributed by atoms with Gasteiger partial charge in [-0.2, -0.15) is 0 Å². The number of benzene rings is 1. The minimum absolute atomic E-state index is 0.0249. The van der Waals surface area contributed by atoms with Crippen LogP contribution >= 0.6 is 23.2 Å². The normalized spacial score (nSPS) is 11.9. The van der Waals surface area contributed by atoms with E-state index in [0.29, 0.717) is 0 Å². The summed E-state index contributed by atoms with van der Waals surface area (Å²) < 4.78 is 31.4. The van der Waals surface area contributed by atoms with Gasteiger partial charge in [0.1, 0.15) is 9.92 Å². The zero-order valence-electron chi connectivity index (χ0n) is 9.62. The highest BCUT2D eigenvalue weighted by atomic mass is 35.5. The molecule has 0 spiro atoms. The van der Waals surface area contributed by atoms with E-state index in [4.69, 9.17) is 27.9 Å². The number of hydrogen-bond acceptors (Lipinski definition) is 3. The van der Waals surface area contributed by atoms with Gasteiger partial charge >= 0.3 is 0 Å². The van der Waals surface area contributed by atoms with Crippen LogP contribution in [0.25, 0.3) is 0 Å². The summed E-state index contributed by atoms with van der Waals surface area (Å²) in [6.07, 6.45) is 0. The SMILES string of the molecule is COc1c(S(=O)(=O)NC(C)C)ccc(Cl)c1Cl. The molecule has 0 aromatic heterocycles. The molecule has 7 heteroatoms. The first kappa shape index (κ1) is 14.6. The zero-order valence-corrected chi connectivity index (χ0v) is 11.9. The lowest BCUT2D eigenvalue weighted by Gasteiger charge is -2.14. The van der Waals surface area contributed by atoms with Gasteiger partial charge in [0.05, 0.1) is 12.1 Å². The molecule has 0 amide bonds. The fraction of sp³-hybridized carbons (Fsp3) is 0.400. The first-order valence-electron chi connectivity index (χ1n) is 4.84. The van der Waals surface area contributed by atoms with E-state index in [2.05, 4.69) is 4.72 Å². The van der Waals surface area contributed by atoms with E-state index in [1.165, 1.54) is 19.2 Å². The van der Waals surface area contributed by atoms with Crippen LogP contribution in [0.3, 0.4) is 0 Å². The number of ether oxygens (including phenoxy) is 1. The Labute approximate surface area is 111 Å². The molecule has 1 N–H and O–H groups in total. The second kappa shape index (κ2) is 5.44. The topological polar surface area (TPSA) is 55.4 Å². The van der Waals surface area contributed by atoms with Gasteiger partial charge in [-0.15, -0.1) is 0 Å². The lowest BCUT2D eigenvalue weighted by Crippen LogP contribution is -2.30. The van der Waals surface area contributed by atoms with Gasteiger partial charge in [0.25, 0.3) is 0 Å². The van der Waals surface area contributed by atoms with E-state index < -0.39 is 10.0 Å². The lowest BCUT2D eigenvalue weighted by atomic mass is 10.3. The molecule has 0 fully saturated rings. The van der Waals surface area contributed by atoms with Crippen molar-refractivity contribution in [3.05, 3.63) is 22.2 Å². The van der Waals surface area contributed by atoms with Crippen LogP contribution in [0.4, 0.5) is 0 Å². The first-order chi connectivity index (χ1) is 7.79. The third-order valence-electron chi connectivity index (χ3n) is 1.90. The van der Waals surface area contributed by atoms with Crippen molar-refractivity contribution < 1.29 is 13.2 Å². The number of methoxy groups -OCH3 is 1. The third-order valence-corrected chi connectivity index (χ3v) is 4.37. The predicted molar refractivity (Wildman–Crippen MR) is 68.5 cm³/mol. The van der Waals surface area contributed by atoms with Gasteiger partial charge in [-0.25, -0.2) is 13.1 Å². The van der Waals surface area contributed by atoms with Crippen LogP contribution in [0, 0.1) is 0 Å². The molecular weight excluding hydrogens is 285 g/mol. The van der Waals surface area contributed by atoms with Crippen LogP contribution in [0.1, 0.15) is 13.8 Å². The molecule has 1 aromatic rings. The molecule has 0 atom stereocenters. The van der Waals surface area contributed by atoms with Crippen LogP contribution in [0.15, 0.2) is 17.0 Å². The second-order valence-electron chi connectivity index (χ2n) is 3.67. The average Bonchev–Trinajstić information content (AvgIpc) is 2.19. The number of hydrogen-bond donors (Lipinski definition) is 1. The van der Waals surface area contributed by atoms with Crippen LogP contribution in [-0.2, 0) is 10.0 Å². The van der Waals surface area contributed by atoms with Crippen molar-refractivity contribution in [2.24, 2.45) is 0 Å². The molecule has 0 heterocycles. The molecule has 1 rings (SSSR count). The Kier molecular flexibility index (Phi) is 4.66. The van der Waals surface area contributed by atoms with Crippen LogP contribution in [0.2, 0.25) is 10.0 Å². The molecule has 4 nitrogen and oxygen atoms in total. The van der Waals surface area contributed by atoms with Crippen LogP contribution in [0.5, 0.6) is 5.75 Å². The summed E-state index contributed by atoms with van der Waals surface area (Å²) >= 11 is 11.7. The maximum absolute atomic E-state index is 12.0. The number of sulfonamides is 1.